The Morgan fingerprint density at radius 3 is 2.80 bits per heavy atom. The molecule has 2 rings (SSSR count). The predicted molar refractivity (Wildman–Crippen MR) is 74.4 cm³/mol. The van der Waals surface area contributed by atoms with Gasteiger partial charge in [0.1, 0.15) is 0 Å². The van der Waals surface area contributed by atoms with Crippen molar-refractivity contribution < 1.29 is 14.7 Å². The molecule has 0 unspecified atom stereocenters. The molecule has 20 heavy (non-hydrogen) atoms. The van der Waals surface area contributed by atoms with Crippen molar-refractivity contribution in [3.05, 3.63) is 53.4 Å². The number of carboxylic acids is 1. The molecule has 0 spiro atoms. The highest BCUT2D eigenvalue weighted by Gasteiger charge is 2.09. The third-order valence-electron chi connectivity index (χ3n) is 2.50. The van der Waals surface area contributed by atoms with E-state index in [-0.39, 0.29) is 5.91 Å². The van der Waals surface area contributed by atoms with Gasteiger partial charge in [-0.25, -0.2) is 4.79 Å². The fraction of sp³-hybridized carbons (Fsp3) is 0.0714. The number of anilines is 1. The molecule has 6 heteroatoms. The number of H-pyrrole nitrogens is 1. The Labute approximate surface area is 115 Å². The minimum atomic E-state index is -1.02. The normalized spacial score (nSPS) is 10.7. The maximum absolute atomic E-state index is 11.9. The molecule has 0 aliphatic heterocycles. The molecule has 0 atom stereocenters. The summed E-state index contributed by atoms with van der Waals surface area (Å²) < 4.78 is 0. The Bertz CT molecular complexity index is 674. The molecule has 0 bridgehead atoms. The number of aromatic nitrogens is 2. The lowest BCUT2D eigenvalue weighted by molar-refractivity contribution is -0.131. The molecule has 0 saturated carbocycles. The highest BCUT2D eigenvalue weighted by atomic mass is 16.4. The van der Waals surface area contributed by atoms with Crippen LogP contribution >= 0.6 is 0 Å². The highest BCUT2D eigenvalue weighted by molar-refractivity contribution is 6.03. The average molecular weight is 271 g/mol. The van der Waals surface area contributed by atoms with Gasteiger partial charge in [-0.1, -0.05) is 12.1 Å². The number of carbonyl (C=O) groups is 2. The molecular formula is C14H13N3O3. The molecular weight excluding hydrogens is 258 g/mol. The van der Waals surface area contributed by atoms with Gasteiger partial charge in [0.05, 0.1) is 0 Å². The fourth-order valence-corrected chi connectivity index (χ4v) is 1.62. The van der Waals surface area contributed by atoms with Crippen LogP contribution in [0.2, 0.25) is 0 Å². The van der Waals surface area contributed by atoms with E-state index in [0.29, 0.717) is 16.9 Å². The first-order valence-corrected chi connectivity index (χ1v) is 5.89. The monoisotopic (exact) mass is 271 g/mol. The Morgan fingerprint density at radius 2 is 2.15 bits per heavy atom. The second-order valence-corrected chi connectivity index (χ2v) is 4.19. The van der Waals surface area contributed by atoms with Gasteiger partial charge in [-0.3, -0.25) is 9.89 Å². The number of benzene rings is 1. The molecule has 0 aliphatic rings. The minimum Gasteiger partial charge on any atom is -0.478 e. The van der Waals surface area contributed by atoms with Crippen LogP contribution < -0.4 is 5.32 Å². The molecule has 2 aromatic rings. The number of aryl methyl sites for hydroxylation is 1. The van der Waals surface area contributed by atoms with Crippen LogP contribution in [0, 0.1) is 6.92 Å². The van der Waals surface area contributed by atoms with Crippen LogP contribution in [0.15, 0.2) is 36.4 Å². The maximum atomic E-state index is 11.9. The van der Waals surface area contributed by atoms with Crippen molar-refractivity contribution in [3.8, 4) is 0 Å². The van der Waals surface area contributed by atoms with Crippen molar-refractivity contribution in [2.24, 2.45) is 0 Å². The van der Waals surface area contributed by atoms with Crippen LogP contribution in [0.1, 0.15) is 21.7 Å². The zero-order chi connectivity index (χ0) is 14.5. The van der Waals surface area contributed by atoms with Gasteiger partial charge in [-0.2, -0.15) is 5.10 Å². The summed E-state index contributed by atoms with van der Waals surface area (Å²) in [5.41, 5.74) is 2.36. The van der Waals surface area contributed by atoms with E-state index in [0.717, 1.165) is 11.8 Å². The van der Waals surface area contributed by atoms with E-state index >= 15 is 0 Å². The summed E-state index contributed by atoms with van der Waals surface area (Å²) in [4.78, 5) is 22.4. The third-order valence-corrected chi connectivity index (χ3v) is 2.50. The summed E-state index contributed by atoms with van der Waals surface area (Å²) in [6.45, 7) is 1.81. The number of amides is 1. The van der Waals surface area contributed by atoms with E-state index in [4.69, 9.17) is 5.11 Å². The third kappa shape index (κ3) is 3.55. The largest absolute Gasteiger partial charge is 0.478 e. The SMILES string of the molecule is Cc1cc(C(=O)Nc2cccc(/C=C/C(=O)O)c2)n[nH]1. The van der Waals surface area contributed by atoms with Gasteiger partial charge >= 0.3 is 5.97 Å². The zero-order valence-corrected chi connectivity index (χ0v) is 10.8. The van der Waals surface area contributed by atoms with Crippen molar-refractivity contribution in [1.82, 2.24) is 10.2 Å². The van der Waals surface area contributed by atoms with E-state index < -0.39 is 5.97 Å². The lowest BCUT2D eigenvalue weighted by Crippen LogP contribution is -2.12. The Morgan fingerprint density at radius 1 is 1.35 bits per heavy atom. The Kier molecular flexibility index (Phi) is 3.95. The summed E-state index contributed by atoms with van der Waals surface area (Å²) in [5, 5.41) is 17.8. The van der Waals surface area contributed by atoms with E-state index in [1.807, 2.05) is 0 Å². The van der Waals surface area contributed by atoms with Crippen molar-refractivity contribution in [1.29, 1.82) is 0 Å². The summed E-state index contributed by atoms with van der Waals surface area (Å²) in [7, 11) is 0. The number of nitrogens with zero attached hydrogens (tertiary/aromatic N) is 1. The van der Waals surface area contributed by atoms with Gasteiger partial charge in [-0.15, -0.1) is 0 Å². The van der Waals surface area contributed by atoms with Gasteiger partial charge in [-0.05, 0) is 36.8 Å². The van der Waals surface area contributed by atoms with Crippen molar-refractivity contribution in [2.75, 3.05) is 5.32 Å². The maximum Gasteiger partial charge on any atom is 0.328 e. The van der Waals surface area contributed by atoms with E-state index in [1.165, 1.54) is 6.08 Å². The quantitative estimate of drug-likeness (QED) is 0.742. The molecule has 6 nitrogen and oxygen atoms in total. The molecule has 1 heterocycles. The van der Waals surface area contributed by atoms with Gasteiger partial charge in [0.2, 0.25) is 0 Å². The number of carbonyl (C=O) groups excluding carboxylic acids is 1. The van der Waals surface area contributed by atoms with Crippen molar-refractivity contribution in [3.63, 3.8) is 0 Å². The van der Waals surface area contributed by atoms with Crippen LogP contribution in [0.4, 0.5) is 5.69 Å². The van der Waals surface area contributed by atoms with Crippen molar-refractivity contribution >= 4 is 23.6 Å². The average Bonchev–Trinajstić information content (AvgIpc) is 2.84. The fourth-order valence-electron chi connectivity index (χ4n) is 1.62. The van der Waals surface area contributed by atoms with Gasteiger partial charge in [0.15, 0.2) is 5.69 Å². The standard InChI is InChI=1S/C14H13N3O3/c1-9-7-12(17-16-9)14(20)15-11-4-2-3-10(8-11)5-6-13(18)19/h2-8H,1H3,(H,15,20)(H,16,17)(H,18,19)/b6-5+. The van der Waals surface area contributed by atoms with Crippen LogP contribution in [0.5, 0.6) is 0 Å². The summed E-state index contributed by atoms with van der Waals surface area (Å²) in [5.74, 6) is -1.35. The van der Waals surface area contributed by atoms with Crippen molar-refractivity contribution in [2.45, 2.75) is 6.92 Å². The smallest absolute Gasteiger partial charge is 0.328 e. The van der Waals surface area contributed by atoms with Crippen LogP contribution in [0.25, 0.3) is 6.08 Å². The topological polar surface area (TPSA) is 95.1 Å². The number of hydrogen-bond acceptors (Lipinski definition) is 3. The van der Waals surface area contributed by atoms with Gasteiger partial charge in [0.25, 0.3) is 5.91 Å². The van der Waals surface area contributed by atoms with E-state index in [1.54, 1.807) is 37.3 Å². The van der Waals surface area contributed by atoms with Crippen LogP contribution in [-0.4, -0.2) is 27.2 Å². The molecule has 3 N–H and O–H groups in total. The number of aromatic amines is 1. The van der Waals surface area contributed by atoms with E-state index in [9.17, 15) is 9.59 Å². The molecule has 0 fully saturated rings. The van der Waals surface area contributed by atoms with Crippen LogP contribution in [-0.2, 0) is 4.79 Å². The first kappa shape index (κ1) is 13.5. The zero-order valence-electron chi connectivity index (χ0n) is 10.8. The first-order valence-electron chi connectivity index (χ1n) is 5.89. The van der Waals surface area contributed by atoms with E-state index in [2.05, 4.69) is 15.5 Å². The molecule has 0 radical (unpaired) electrons. The predicted octanol–water partition coefficient (Wildman–Crippen LogP) is 2.07. The first-order chi connectivity index (χ1) is 9.54. The number of rotatable bonds is 4. The number of aliphatic carboxylic acids is 1. The molecule has 1 amide bonds. The molecule has 1 aromatic carbocycles. The molecule has 102 valence electrons. The Hall–Kier alpha value is -2.89. The summed E-state index contributed by atoms with van der Waals surface area (Å²) in [6, 6.07) is 8.51. The number of carboxylic acid groups (broad SMARTS) is 1. The highest BCUT2D eigenvalue weighted by Crippen LogP contribution is 2.13. The summed E-state index contributed by atoms with van der Waals surface area (Å²) >= 11 is 0. The Balaban J connectivity index is 2.11. The number of hydrogen-bond donors (Lipinski definition) is 3. The lowest BCUT2D eigenvalue weighted by Gasteiger charge is -2.03. The lowest BCUT2D eigenvalue weighted by atomic mass is 10.2. The summed E-state index contributed by atoms with van der Waals surface area (Å²) in [6.07, 6.45) is 2.49. The molecule has 0 aliphatic carbocycles. The second kappa shape index (κ2) is 5.83. The second-order valence-electron chi connectivity index (χ2n) is 4.19. The van der Waals surface area contributed by atoms with Gasteiger partial charge < -0.3 is 10.4 Å². The minimum absolute atomic E-state index is 0.300. The molecule has 1 aromatic heterocycles. The van der Waals surface area contributed by atoms with Crippen LogP contribution in [0.3, 0.4) is 0 Å². The number of nitrogens with one attached hydrogen (secondary N) is 2. The molecule has 0 saturated heterocycles. The van der Waals surface area contributed by atoms with Gasteiger partial charge in [0, 0.05) is 17.5 Å².